The van der Waals surface area contributed by atoms with Gasteiger partial charge in [0.2, 0.25) is 0 Å². The van der Waals surface area contributed by atoms with Crippen LogP contribution < -0.4 is 4.57 Å². The van der Waals surface area contributed by atoms with Crippen LogP contribution in [0.4, 0.5) is 0 Å². The molecule has 0 amide bonds. The SMILES string of the molecule is CCc1[nH]c2ccccc2[n+]1Cc1cccc(C)c1. The zero-order valence-corrected chi connectivity index (χ0v) is 11.5. The second-order valence-corrected chi connectivity index (χ2v) is 5.02. The van der Waals surface area contributed by atoms with Gasteiger partial charge in [0.05, 0.1) is 0 Å². The Balaban J connectivity index is 2.08. The van der Waals surface area contributed by atoms with E-state index in [1.807, 2.05) is 0 Å². The van der Waals surface area contributed by atoms with Gasteiger partial charge in [0.1, 0.15) is 6.54 Å². The normalized spacial score (nSPS) is 11.1. The maximum Gasteiger partial charge on any atom is 0.255 e. The lowest BCUT2D eigenvalue weighted by Crippen LogP contribution is -2.37. The molecule has 1 aromatic heterocycles. The molecule has 1 heterocycles. The number of para-hydroxylation sites is 2. The molecule has 0 atom stereocenters. The van der Waals surface area contributed by atoms with E-state index < -0.39 is 0 Å². The number of aromatic nitrogens is 2. The summed E-state index contributed by atoms with van der Waals surface area (Å²) in [4.78, 5) is 3.51. The Hall–Kier alpha value is -2.09. The highest BCUT2D eigenvalue weighted by Crippen LogP contribution is 2.11. The molecule has 2 nitrogen and oxygen atoms in total. The lowest BCUT2D eigenvalue weighted by atomic mass is 10.1. The fourth-order valence-corrected chi connectivity index (χ4v) is 2.64. The maximum absolute atomic E-state index is 3.51. The summed E-state index contributed by atoms with van der Waals surface area (Å²) in [6.07, 6.45) is 1.01. The number of nitrogens with zero attached hydrogens (tertiary/aromatic N) is 1. The van der Waals surface area contributed by atoms with Crippen LogP contribution in [0.3, 0.4) is 0 Å². The van der Waals surface area contributed by atoms with Gasteiger partial charge < -0.3 is 0 Å². The van der Waals surface area contributed by atoms with E-state index in [0.29, 0.717) is 0 Å². The zero-order valence-electron chi connectivity index (χ0n) is 11.5. The molecule has 0 aliphatic rings. The molecular weight excluding hydrogens is 232 g/mol. The van der Waals surface area contributed by atoms with Crippen molar-refractivity contribution in [3.63, 3.8) is 0 Å². The summed E-state index contributed by atoms with van der Waals surface area (Å²) in [7, 11) is 0. The quantitative estimate of drug-likeness (QED) is 0.689. The van der Waals surface area contributed by atoms with E-state index in [9.17, 15) is 0 Å². The van der Waals surface area contributed by atoms with Crippen LogP contribution in [0.5, 0.6) is 0 Å². The Morgan fingerprint density at radius 1 is 1.05 bits per heavy atom. The Morgan fingerprint density at radius 2 is 1.89 bits per heavy atom. The summed E-state index contributed by atoms with van der Waals surface area (Å²) in [5, 5.41) is 0. The van der Waals surface area contributed by atoms with Gasteiger partial charge in [-0.3, -0.25) is 0 Å². The highest BCUT2D eigenvalue weighted by atomic mass is 15.1. The van der Waals surface area contributed by atoms with Crippen molar-refractivity contribution < 1.29 is 4.57 Å². The number of imidazole rings is 1. The molecule has 1 N–H and O–H groups in total. The third kappa shape index (κ3) is 2.26. The lowest BCUT2D eigenvalue weighted by Gasteiger charge is -2.03. The molecule has 0 fully saturated rings. The summed E-state index contributed by atoms with van der Waals surface area (Å²) < 4.78 is 2.38. The molecule has 3 rings (SSSR count). The molecule has 0 unspecified atom stereocenters. The third-order valence-corrected chi connectivity index (χ3v) is 3.56. The molecule has 0 aliphatic carbocycles. The molecule has 2 aromatic carbocycles. The van der Waals surface area contributed by atoms with Crippen molar-refractivity contribution in [1.82, 2.24) is 4.98 Å². The fraction of sp³-hybridized carbons (Fsp3) is 0.235. The van der Waals surface area contributed by atoms with Crippen molar-refractivity contribution in [3.05, 3.63) is 65.5 Å². The van der Waals surface area contributed by atoms with Gasteiger partial charge in [-0.05, 0) is 24.6 Å². The minimum Gasteiger partial charge on any atom is -0.241 e. The van der Waals surface area contributed by atoms with E-state index in [2.05, 4.69) is 71.9 Å². The van der Waals surface area contributed by atoms with Crippen LogP contribution >= 0.6 is 0 Å². The molecule has 19 heavy (non-hydrogen) atoms. The average molecular weight is 251 g/mol. The number of hydrogen-bond acceptors (Lipinski definition) is 0. The Kier molecular flexibility index (Phi) is 3.08. The largest absolute Gasteiger partial charge is 0.255 e. The number of fused-ring (bicyclic) bond motifs is 1. The summed E-state index contributed by atoms with van der Waals surface area (Å²) >= 11 is 0. The van der Waals surface area contributed by atoms with Gasteiger partial charge in [-0.15, -0.1) is 0 Å². The lowest BCUT2D eigenvalue weighted by molar-refractivity contribution is -0.669. The second kappa shape index (κ2) is 4.88. The number of aromatic amines is 1. The monoisotopic (exact) mass is 251 g/mol. The first kappa shape index (κ1) is 12.0. The molecular formula is C17H19N2+. The van der Waals surface area contributed by atoms with Crippen molar-refractivity contribution >= 4 is 11.0 Å². The second-order valence-electron chi connectivity index (χ2n) is 5.02. The van der Waals surface area contributed by atoms with E-state index in [4.69, 9.17) is 0 Å². The first-order valence-electron chi connectivity index (χ1n) is 6.83. The van der Waals surface area contributed by atoms with Gasteiger partial charge in [-0.2, -0.15) is 0 Å². The van der Waals surface area contributed by atoms with Crippen LogP contribution in [0.2, 0.25) is 0 Å². The fourth-order valence-electron chi connectivity index (χ4n) is 2.64. The van der Waals surface area contributed by atoms with Crippen LogP contribution in [0, 0.1) is 6.92 Å². The summed E-state index contributed by atoms with van der Waals surface area (Å²) in [6, 6.07) is 17.2. The van der Waals surface area contributed by atoms with Crippen molar-refractivity contribution in [2.75, 3.05) is 0 Å². The summed E-state index contributed by atoms with van der Waals surface area (Å²) in [6.45, 7) is 5.26. The topological polar surface area (TPSA) is 19.7 Å². The highest BCUT2D eigenvalue weighted by Gasteiger charge is 2.16. The zero-order chi connectivity index (χ0) is 13.2. The van der Waals surface area contributed by atoms with E-state index in [1.54, 1.807) is 0 Å². The molecule has 2 heteroatoms. The number of hydrogen-bond donors (Lipinski definition) is 1. The van der Waals surface area contributed by atoms with Gasteiger partial charge in [0.15, 0.2) is 11.0 Å². The smallest absolute Gasteiger partial charge is 0.241 e. The van der Waals surface area contributed by atoms with Crippen molar-refractivity contribution in [2.45, 2.75) is 26.8 Å². The predicted octanol–water partition coefficient (Wildman–Crippen LogP) is 3.37. The summed E-state index contributed by atoms with van der Waals surface area (Å²) in [5.41, 5.74) is 5.16. The molecule has 0 spiro atoms. The number of nitrogens with one attached hydrogen (secondary N) is 1. The predicted molar refractivity (Wildman–Crippen MR) is 78.2 cm³/mol. The van der Waals surface area contributed by atoms with E-state index in [0.717, 1.165) is 13.0 Å². The number of rotatable bonds is 3. The number of benzene rings is 2. The van der Waals surface area contributed by atoms with Gasteiger partial charge in [0, 0.05) is 6.42 Å². The molecule has 96 valence electrons. The third-order valence-electron chi connectivity index (χ3n) is 3.56. The van der Waals surface area contributed by atoms with Crippen LogP contribution in [0.25, 0.3) is 11.0 Å². The minimum absolute atomic E-state index is 0.925. The molecule has 0 saturated carbocycles. The van der Waals surface area contributed by atoms with E-state index in [1.165, 1.54) is 28.0 Å². The van der Waals surface area contributed by atoms with Crippen LogP contribution in [-0.2, 0) is 13.0 Å². The highest BCUT2D eigenvalue weighted by molar-refractivity contribution is 5.71. The Labute approximate surface area is 113 Å². The average Bonchev–Trinajstić information content (AvgIpc) is 2.77. The molecule has 0 bridgehead atoms. The molecule has 0 aliphatic heterocycles. The van der Waals surface area contributed by atoms with Crippen LogP contribution in [0.1, 0.15) is 23.9 Å². The molecule has 3 aromatic rings. The van der Waals surface area contributed by atoms with Gasteiger partial charge in [-0.25, -0.2) is 9.55 Å². The first-order chi connectivity index (χ1) is 9.28. The summed E-state index contributed by atoms with van der Waals surface area (Å²) in [5.74, 6) is 1.28. The van der Waals surface area contributed by atoms with Crippen molar-refractivity contribution in [2.24, 2.45) is 0 Å². The Bertz CT molecular complexity index is 710. The van der Waals surface area contributed by atoms with Gasteiger partial charge >= 0.3 is 0 Å². The van der Waals surface area contributed by atoms with E-state index >= 15 is 0 Å². The van der Waals surface area contributed by atoms with Crippen molar-refractivity contribution in [1.29, 1.82) is 0 Å². The maximum atomic E-state index is 3.51. The minimum atomic E-state index is 0.925. The number of H-pyrrole nitrogens is 1. The van der Waals surface area contributed by atoms with Crippen molar-refractivity contribution in [3.8, 4) is 0 Å². The molecule has 0 radical (unpaired) electrons. The van der Waals surface area contributed by atoms with Crippen LogP contribution in [-0.4, -0.2) is 4.98 Å². The van der Waals surface area contributed by atoms with E-state index in [-0.39, 0.29) is 0 Å². The van der Waals surface area contributed by atoms with Gasteiger partial charge in [-0.1, -0.05) is 48.9 Å². The number of aryl methyl sites for hydroxylation is 2. The standard InChI is InChI=1S/C17H18N2/c1-3-17-18-15-9-4-5-10-16(15)19(17)12-14-8-6-7-13(2)11-14/h4-11H,3,12H2,1-2H3/p+1. The Morgan fingerprint density at radius 3 is 2.68 bits per heavy atom. The van der Waals surface area contributed by atoms with Crippen LogP contribution in [0.15, 0.2) is 48.5 Å². The first-order valence-corrected chi connectivity index (χ1v) is 6.83. The van der Waals surface area contributed by atoms with Gasteiger partial charge in [0.25, 0.3) is 5.82 Å². The molecule has 0 saturated heterocycles.